The fraction of sp³-hybridized carbons (Fsp3) is 0.450. The zero-order chi connectivity index (χ0) is 23.2. The van der Waals surface area contributed by atoms with E-state index in [0.717, 1.165) is 31.9 Å². The van der Waals surface area contributed by atoms with Crippen molar-refractivity contribution in [2.24, 2.45) is 0 Å². The summed E-state index contributed by atoms with van der Waals surface area (Å²) in [4.78, 5) is 38.4. The van der Waals surface area contributed by atoms with Gasteiger partial charge in [0.15, 0.2) is 0 Å². The van der Waals surface area contributed by atoms with Gasteiger partial charge >= 0.3 is 12.1 Å². The summed E-state index contributed by atoms with van der Waals surface area (Å²) in [6.07, 6.45) is 3.47. The molecule has 32 heavy (non-hydrogen) atoms. The lowest BCUT2D eigenvalue weighted by Crippen LogP contribution is -2.58. The predicted molar refractivity (Wildman–Crippen MR) is 106 cm³/mol. The molecule has 0 aromatic carbocycles. The maximum atomic E-state index is 12.7. The van der Waals surface area contributed by atoms with Crippen molar-refractivity contribution in [3.05, 3.63) is 48.5 Å². The van der Waals surface area contributed by atoms with Crippen LogP contribution in [0.15, 0.2) is 43.0 Å². The Morgan fingerprint density at radius 1 is 1.06 bits per heavy atom. The van der Waals surface area contributed by atoms with Gasteiger partial charge in [0.25, 0.3) is 5.91 Å². The quantitative estimate of drug-likeness (QED) is 0.736. The van der Waals surface area contributed by atoms with E-state index in [0.29, 0.717) is 25.3 Å². The second-order valence-corrected chi connectivity index (χ2v) is 7.34. The minimum atomic E-state index is -5.08. The molecular formula is C20H22F3N5O4. The first-order valence-electron chi connectivity index (χ1n) is 9.86. The highest BCUT2D eigenvalue weighted by Gasteiger charge is 2.41. The number of aromatic nitrogens is 3. The molecule has 2 aliphatic rings. The average Bonchev–Trinajstić information content (AvgIpc) is 2.80. The number of piperidine rings is 1. The SMILES string of the molecule is O=C(O)C(F)(F)F.O=C(c1cccnc1)N1CCOC2(CCN(c3ncccn3)CC2)C1. The van der Waals surface area contributed by atoms with Crippen LogP contribution in [-0.4, -0.2) is 81.4 Å². The summed E-state index contributed by atoms with van der Waals surface area (Å²) < 4.78 is 37.9. The second-order valence-electron chi connectivity index (χ2n) is 7.34. The van der Waals surface area contributed by atoms with Crippen LogP contribution in [0.2, 0.25) is 0 Å². The number of anilines is 1. The number of carboxylic acids is 1. The zero-order valence-electron chi connectivity index (χ0n) is 17.0. The number of aliphatic carboxylic acids is 1. The van der Waals surface area contributed by atoms with Gasteiger partial charge in [-0.1, -0.05) is 0 Å². The van der Waals surface area contributed by atoms with Crippen molar-refractivity contribution >= 4 is 17.8 Å². The van der Waals surface area contributed by atoms with E-state index in [1.54, 1.807) is 30.9 Å². The van der Waals surface area contributed by atoms with Crippen LogP contribution in [0.3, 0.4) is 0 Å². The monoisotopic (exact) mass is 453 g/mol. The molecule has 1 spiro atoms. The third-order valence-corrected chi connectivity index (χ3v) is 5.20. The molecular weight excluding hydrogens is 431 g/mol. The number of amides is 1. The fourth-order valence-electron chi connectivity index (χ4n) is 3.56. The number of halogens is 3. The van der Waals surface area contributed by atoms with Gasteiger partial charge in [0.05, 0.1) is 24.3 Å². The molecule has 2 aromatic rings. The Hall–Kier alpha value is -3.28. The summed E-state index contributed by atoms with van der Waals surface area (Å²) in [7, 11) is 0. The number of carbonyl (C=O) groups excluding carboxylic acids is 1. The molecule has 0 radical (unpaired) electrons. The largest absolute Gasteiger partial charge is 0.490 e. The Balaban J connectivity index is 0.000000360. The molecule has 2 fully saturated rings. The van der Waals surface area contributed by atoms with Crippen molar-refractivity contribution in [2.75, 3.05) is 37.7 Å². The number of pyridine rings is 1. The summed E-state index contributed by atoms with van der Waals surface area (Å²) in [5.74, 6) is -1.96. The molecule has 4 rings (SSSR count). The molecule has 9 nitrogen and oxygen atoms in total. The summed E-state index contributed by atoms with van der Waals surface area (Å²) in [6, 6.07) is 5.43. The molecule has 2 saturated heterocycles. The Morgan fingerprint density at radius 2 is 1.72 bits per heavy atom. The lowest BCUT2D eigenvalue weighted by atomic mass is 9.89. The van der Waals surface area contributed by atoms with Crippen LogP contribution in [0.4, 0.5) is 19.1 Å². The number of carbonyl (C=O) groups is 2. The third-order valence-electron chi connectivity index (χ3n) is 5.20. The van der Waals surface area contributed by atoms with Crippen molar-refractivity contribution in [1.29, 1.82) is 0 Å². The number of nitrogens with zero attached hydrogens (tertiary/aromatic N) is 5. The van der Waals surface area contributed by atoms with Crippen molar-refractivity contribution < 1.29 is 32.6 Å². The molecule has 0 atom stereocenters. The maximum absolute atomic E-state index is 12.7. The van der Waals surface area contributed by atoms with Gasteiger partial charge < -0.3 is 19.6 Å². The van der Waals surface area contributed by atoms with Crippen molar-refractivity contribution in [3.8, 4) is 0 Å². The van der Waals surface area contributed by atoms with Crippen LogP contribution in [-0.2, 0) is 9.53 Å². The number of hydrogen-bond acceptors (Lipinski definition) is 7. The smallest absolute Gasteiger partial charge is 0.475 e. The lowest BCUT2D eigenvalue weighted by molar-refractivity contribution is -0.192. The molecule has 0 bridgehead atoms. The highest BCUT2D eigenvalue weighted by Crippen LogP contribution is 2.31. The normalized spacial score (nSPS) is 18.0. The zero-order valence-corrected chi connectivity index (χ0v) is 17.0. The van der Waals surface area contributed by atoms with Gasteiger partial charge in [-0.05, 0) is 31.0 Å². The van der Waals surface area contributed by atoms with Crippen LogP contribution >= 0.6 is 0 Å². The van der Waals surface area contributed by atoms with Gasteiger partial charge in [-0.2, -0.15) is 13.2 Å². The number of morpholine rings is 1. The Labute approximate surface area is 181 Å². The highest BCUT2D eigenvalue weighted by molar-refractivity contribution is 5.94. The van der Waals surface area contributed by atoms with Gasteiger partial charge in [-0.3, -0.25) is 9.78 Å². The topological polar surface area (TPSA) is 109 Å². The molecule has 1 N–H and O–H groups in total. The molecule has 1 amide bonds. The van der Waals surface area contributed by atoms with Gasteiger partial charge in [0, 0.05) is 44.4 Å². The van der Waals surface area contributed by atoms with Gasteiger partial charge in [0.1, 0.15) is 0 Å². The fourth-order valence-corrected chi connectivity index (χ4v) is 3.56. The summed E-state index contributed by atoms with van der Waals surface area (Å²) in [5.41, 5.74) is 0.371. The van der Waals surface area contributed by atoms with Crippen LogP contribution in [0.5, 0.6) is 0 Å². The van der Waals surface area contributed by atoms with E-state index in [1.807, 2.05) is 17.0 Å². The highest BCUT2D eigenvalue weighted by atomic mass is 19.4. The summed E-state index contributed by atoms with van der Waals surface area (Å²) in [6.45, 7) is 3.50. The molecule has 172 valence electrons. The standard InChI is InChI=1S/C18H21N5O2.C2HF3O2/c24-16(15-3-1-6-19-13-15)23-11-12-25-18(14-23)4-9-22(10-5-18)17-20-7-2-8-21-17;3-2(4,5)1(6)7/h1-3,6-8,13H,4-5,9-12,14H2;(H,6,7). The van der Waals surface area contributed by atoms with E-state index in [4.69, 9.17) is 14.6 Å². The van der Waals surface area contributed by atoms with Crippen LogP contribution in [0, 0.1) is 0 Å². The second kappa shape index (κ2) is 9.90. The number of rotatable bonds is 2. The van der Waals surface area contributed by atoms with Gasteiger partial charge in [-0.15, -0.1) is 0 Å². The molecule has 0 aliphatic carbocycles. The first kappa shape index (κ1) is 23.4. The molecule has 0 unspecified atom stereocenters. The van der Waals surface area contributed by atoms with E-state index < -0.39 is 12.1 Å². The van der Waals surface area contributed by atoms with Crippen molar-refractivity contribution in [2.45, 2.75) is 24.6 Å². The van der Waals surface area contributed by atoms with E-state index in [-0.39, 0.29) is 11.5 Å². The third kappa shape index (κ3) is 5.90. The van der Waals surface area contributed by atoms with Crippen LogP contribution in [0.1, 0.15) is 23.2 Å². The van der Waals surface area contributed by atoms with E-state index in [9.17, 15) is 18.0 Å². The first-order valence-corrected chi connectivity index (χ1v) is 9.86. The first-order chi connectivity index (χ1) is 15.2. The summed E-state index contributed by atoms with van der Waals surface area (Å²) in [5, 5.41) is 7.12. The van der Waals surface area contributed by atoms with Crippen LogP contribution in [0.25, 0.3) is 0 Å². The average molecular weight is 453 g/mol. The summed E-state index contributed by atoms with van der Waals surface area (Å²) >= 11 is 0. The Kier molecular flexibility index (Phi) is 7.23. The molecule has 2 aliphatic heterocycles. The van der Waals surface area contributed by atoms with Crippen molar-refractivity contribution in [1.82, 2.24) is 19.9 Å². The Bertz CT molecular complexity index is 906. The number of hydrogen-bond donors (Lipinski definition) is 1. The predicted octanol–water partition coefficient (Wildman–Crippen LogP) is 2.02. The molecule has 4 heterocycles. The number of carboxylic acid groups (broad SMARTS) is 1. The van der Waals surface area contributed by atoms with Gasteiger partial charge in [-0.25, -0.2) is 14.8 Å². The van der Waals surface area contributed by atoms with E-state index >= 15 is 0 Å². The molecule has 2 aromatic heterocycles. The molecule has 0 saturated carbocycles. The maximum Gasteiger partial charge on any atom is 0.490 e. The minimum Gasteiger partial charge on any atom is -0.475 e. The molecule has 12 heteroatoms. The van der Waals surface area contributed by atoms with Crippen molar-refractivity contribution in [3.63, 3.8) is 0 Å². The lowest BCUT2D eigenvalue weighted by Gasteiger charge is -2.47. The number of alkyl halides is 3. The Morgan fingerprint density at radius 3 is 2.28 bits per heavy atom. The van der Waals surface area contributed by atoms with E-state index in [2.05, 4.69) is 19.9 Å². The minimum absolute atomic E-state index is 0.0320. The van der Waals surface area contributed by atoms with Gasteiger partial charge in [0.2, 0.25) is 5.95 Å². The number of ether oxygens (including phenoxy) is 1. The van der Waals surface area contributed by atoms with E-state index in [1.165, 1.54) is 0 Å². The van der Waals surface area contributed by atoms with Crippen LogP contribution < -0.4 is 4.90 Å².